The molecular weight excluding hydrogens is 361 g/mol. The van der Waals surface area contributed by atoms with Gasteiger partial charge in [0, 0.05) is 17.3 Å². The van der Waals surface area contributed by atoms with Crippen LogP contribution < -0.4 is 5.32 Å². The van der Waals surface area contributed by atoms with E-state index < -0.39 is 17.3 Å². The molecule has 0 saturated heterocycles. The summed E-state index contributed by atoms with van der Waals surface area (Å²) in [6.07, 6.45) is 1.56. The van der Waals surface area contributed by atoms with Crippen molar-refractivity contribution in [2.45, 2.75) is 0 Å². The van der Waals surface area contributed by atoms with Gasteiger partial charge in [-0.3, -0.25) is 0 Å². The van der Waals surface area contributed by atoms with Gasteiger partial charge in [0.25, 0.3) is 0 Å². The Kier molecular flexibility index (Phi) is 4.18. The number of nitrogens with one attached hydrogen (secondary N) is 1. The van der Waals surface area contributed by atoms with E-state index in [1.165, 1.54) is 22.7 Å². The maximum absolute atomic E-state index is 14.5. The van der Waals surface area contributed by atoms with Crippen molar-refractivity contribution < 1.29 is 14.3 Å². The van der Waals surface area contributed by atoms with Crippen molar-refractivity contribution >= 4 is 23.3 Å². The number of carboxylic acid groups (broad SMARTS) is 1. The summed E-state index contributed by atoms with van der Waals surface area (Å²) < 4.78 is 16.0. The van der Waals surface area contributed by atoms with Crippen molar-refractivity contribution in [3.63, 3.8) is 0 Å². The number of carbonyl (C=O) groups is 1. The molecular formula is C20H12FN5O2. The number of nitrogens with zero attached hydrogens (tertiary/aromatic N) is 4. The van der Waals surface area contributed by atoms with Crippen molar-refractivity contribution in [2.75, 3.05) is 5.32 Å². The zero-order valence-corrected chi connectivity index (χ0v) is 14.3. The molecule has 0 amide bonds. The number of para-hydroxylation sites is 1. The molecule has 2 N–H and O–H groups in total. The Morgan fingerprint density at radius 1 is 1.14 bits per heavy atom. The zero-order valence-electron chi connectivity index (χ0n) is 14.3. The van der Waals surface area contributed by atoms with Crippen LogP contribution in [0.2, 0.25) is 0 Å². The van der Waals surface area contributed by atoms with Gasteiger partial charge in [0.2, 0.25) is 5.95 Å². The summed E-state index contributed by atoms with van der Waals surface area (Å²) in [6, 6.07) is 16.5. The topological polar surface area (TPSA) is 103 Å². The van der Waals surface area contributed by atoms with Gasteiger partial charge in [-0.15, -0.1) is 5.10 Å². The Morgan fingerprint density at radius 3 is 2.75 bits per heavy atom. The highest BCUT2D eigenvalue weighted by atomic mass is 19.1. The highest BCUT2D eigenvalue weighted by Crippen LogP contribution is 2.26. The molecule has 2 aromatic heterocycles. The van der Waals surface area contributed by atoms with Crippen LogP contribution in [-0.2, 0) is 0 Å². The molecule has 0 aliphatic heterocycles. The molecule has 0 saturated carbocycles. The molecule has 0 fully saturated rings. The van der Waals surface area contributed by atoms with Crippen molar-refractivity contribution in [2.24, 2.45) is 0 Å². The molecule has 0 aliphatic rings. The standard InChI is InChI=1S/C20H12FN5O2/c21-18-14(5-3-6-15(18)19(27)28)13-8-9-17-24-20(25-26(17)11-13)23-16-7-2-1-4-12(16)10-22/h1-9,11H,(H,23,25)(H,27,28). The van der Waals surface area contributed by atoms with E-state index in [0.29, 0.717) is 22.5 Å². The quantitative estimate of drug-likeness (QED) is 0.563. The molecule has 28 heavy (non-hydrogen) atoms. The van der Waals surface area contributed by atoms with Crippen molar-refractivity contribution in [3.05, 3.63) is 77.7 Å². The van der Waals surface area contributed by atoms with E-state index in [4.69, 9.17) is 5.11 Å². The van der Waals surface area contributed by atoms with Crippen LogP contribution in [0.3, 0.4) is 0 Å². The van der Waals surface area contributed by atoms with E-state index in [1.807, 2.05) is 0 Å². The van der Waals surface area contributed by atoms with Gasteiger partial charge in [0.1, 0.15) is 11.9 Å². The van der Waals surface area contributed by atoms with Crippen LogP contribution in [-0.4, -0.2) is 25.7 Å². The van der Waals surface area contributed by atoms with E-state index in [-0.39, 0.29) is 11.5 Å². The summed E-state index contributed by atoms with van der Waals surface area (Å²) >= 11 is 0. The van der Waals surface area contributed by atoms with Gasteiger partial charge in [0.15, 0.2) is 5.65 Å². The molecule has 0 atom stereocenters. The molecule has 4 rings (SSSR count). The minimum atomic E-state index is -1.33. The fourth-order valence-electron chi connectivity index (χ4n) is 2.83. The van der Waals surface area contributed by atoms with Gasteiger partial charge in [0.05, 0.1) is 16.8 Å². The van der Waals surface area contributed by atoms with Crippen molar-refractivity contribution in [1.82, 2.24) is 14.6 Å². The summed E-state index contributed by atoms with van der Waals surface area (Å²) in [7, 11) is 0. The van der Waals surface area contributed by atoms with Gasteiger partial charge < -0.3 is 10.4 Å². The average Bonchev–Trinajstić information content (AvgIpc) is 3.09. The minimum absolute atomic E-state index is 0.154. The minimum Gasteiger partial charge on any atom is -0.478 e. The molecule has 0 bridgehead atoms. The Morgan fingerprint density at radius 2 is 1.96 bits per heavy atom. The van der Waals surface area contributed by atoms with E-state index >= 15 is 0 Å². The Bertz CT molecular complexity index is 1260. The maximum atomic E-state index is 14.5. The summed E-state index contributed by atoms with van der Waals surface area (Å²) in [5.41, 5.74) is 1.75. The van der Waals surface area contributed by atoms with Gasteiger partial charge in [-0.2, -0.15) is 10.2 Å². The number of aromatic carboxylic acids is 1. The molecule has 136 valence electrons. The monoisotopic (exact) mass is 373 g/mol. The number of anilines is 2. The van der Waals surface area contributed by atoms with Gasteiger partial charge >= 0.3 is 5.97 Å². The van der Waals surface area contributed by atoms with Gasteiger partial charge in [-0.05, 0) is 30.3 Å². The molecule has 0 spiro atoms. The fraction of sp³-hybridized carbons (Fsp3) is 0. The number of hydrogen-bond donors (Lipinski definition) is 2. The van der Waals surface area contributed by atoms with Crippen LogP contribution in [0.5, 0.6) is 0 Å². The number of benzene rings is 2. The number of fused-ring (bicyclic) bond motifs is 1. The fourth-order valence-corrected chi connectivity index (χ4v) is 2.83. The van der Waals surface area contributed by atoms with Crippen LogP contribution in [0, 0.1) is 17.1 Å². The number of halogens is 1. The van der Waals surface area contributed by atoms with Crippen LogP contribution >= 0.6 is 0 Å². The number of rotatable bonds is 4. The largest absolute Gasteiger partial charge is 0.478 e. The molecule has 7 nitrogen and oxygen atoms in total. The SMILES string of the molecule is N#Cc1ccccc1Nc1nc2ccc(-c3cccc(C(=O)O)c3F)cn2n1. The summed E-state index contributed by atoms with van der Waals surface area (Å²) in [5.74, 6) is -1.86. The number of pyridine rings is 1. The molecule has 0 unspecified atom stereocenters. The van der Waals surface area contributed by atoms with E-state index in [0.717, 1.165) is 0 Å². The van der Waals surface area contributed by atoms with E-state index in [2.05, 4.69) is 21.5 Å². The molecule has 0 aliphatic carbocycles. The second kappa shape index (κ2) is 6.81. The van der Waals surface area contributed by atoms with Crippen molar-refractivity contribution in [3.8, 4) is 17.2 Å². The number of carboxylic acids is 1. The lowest BCUT2D eigenvalue weighted by molar-refractivity contribution is 0.0692. The molecule has 8 heteroatoms. The molecule has 2 aromatic carbocycles. The van der Waals surface area contributed by atoms with Gasteiger partial charge in [-0.25, -0.2) is 13.7 Å². The van der Waals surface area contributed by atoms with E-state index in [9.17, 15) is 14.4 Å². The normalized spacial score (nSPS) is 10.6. The van der Waals surface area contributed by atoms with Crippen molar-refractivity contribution in [1.29, 1.82) is 5.26 Å². The zero-order chi connectivity index (χ0) is 19.7. The third kappa shape index (κ3) is 3.01. The first kappa shape index (κ1) is 17.2. The first-order chi connectivity index (χ1) is 13.6. The second-order valence-electron chi connectivity index (χ2n) is 5.91. The first-order valence-electron chi connectivity index (χ1n) is 8.21. The summed E-state index contributed by atoms with van der Waals surface area (Å²) in [5, 5.41) is 25.6. The lowest BCUT2D eigenvalue weighted by Gasteiger charge is -2.06. The smallest absolute Gasteiger partial charge is 0.338 e. The lowest BCUT2D eigenvalue weighted by atomic mass is 10.0. The van der Waals surface area contributed by atoms with Crippen LogP contribution in [0.4, 0.5) is 16.0 Å². The Hall–Kier alpha value is -4.25. The lowest BCUT2D eigenvalue weighted by Crippen LogP contribution is -2.02. The summed E-state index contributed by atoms with van der Waals surface area (Å²) in [6.45, 7) is 0. The molecule has 4 aromatic rings. The number of hydrogen-bond acceptors (Lipinski definition) is 5. The van der Waals surface area contributed by atoms with E-state index in [1.54, 1.807) is 42.6 Å². The Labute approximate surface area is 158 Å². The van der Waals surface area contributed by atoms with Crippen LogP contribution in [0.25, 0.3) is 16.8 Å². The highest BCUT2D eigenvalue weighted by molar-refractivity contribution is 5.90. The third-order valence-corrected chi connectivity index (χ3v) is 4.17. The number of nitriles is 1. The predicted molar refractivity (Wildman–Crippen MR) is 99.8 cm³/mol. The maximum Gasteiger partial charge on any atom is 0.338 e. The van der Waals surface area contributed by atoms with Crippen LogP contribution in [0.15, 0.2) is 60.8 Å². The summed E-state index contributed by atoms with van der Waals surface area (Å²) in [4.78, 5) is 15.5. The predicted octanol–water partition coefficient (Wildman–Crippen LogP) is 3.85. The average molecular weight is 373 g/mol. The van der Waals surface area contributed by atoms with Gasteiger partial charge in [-0.1, -0.05) is 24.3 Å². The first-order valence-corrected chi connectivity index (χ1v) is 8.21. The molecule has 2 heterocycles. The van der Waals surface area contributed by atoms with Crippen LogP contribution in [0.1, 0.15) is 15.9 Å². The third-order valence-electron chi connectivity index (χ3n) is 4.17. The molecule has 0 radical (unpaired) electrons. The highest BCUT2D eigenvalue weighted by Gasteiger charge is 2.16. The number of aromatic nitrogens is 3. The Balaban J connectivity index is 1.73. The second-order valence-corrected chi connectivity index (χ2v) is 5.91.